The predicted octanol–water partition coefficient (Wildman–Crippen LogP) is 1.04. The molecule has 0 bridgehead atoms. The number of piperazine rings is 1. The van der Waals surface area contributed by atoms with E-state index in [1.54, 1.807) is 14.0 Å². The van der Waals surface area contributed by atoms with Gasteiger partial charge in [-0.2, -0.15) is 0 Å². The minimum absolute atomic E-state index is 0.174. The molecule has 3 rings (SSSR count). The number of aromatic amines is 1. The lowest BCUT2D eigenvalue weighted by molar-refractivity contribution is -0.130. The lowest BCUT2D eigenvalue weighted by Crippen LogP contribution is -2.50. The standard InChI is InChI=1S/C20H30N6O/c1-16(27)26-13-11-25(12-14-26)10-9-23-20(21-2)22-8-7-17-15-24-19-6-4-3-5-18(17)19/h3-6,15,24H,7-14H2,1-2H3,(H2,21,22,23). The molecule has 0 unspecified atom stereocenters. The van der Waals surface area contributed by atoms with Crippen molar-refractivity contribution in [3.8, 4) is 0 Å². The first kappa shape index (κ1) is 19.2. The first-order valence-corrected chi connectivity index (χ1v) is 9.65. The summed E-state index contributed by atoms with van der Waals surface area (Å²) in [7, 11) is 1.80. The zero-order chi connectivity index (χ0) is 19.1. The van der Waals surface area contributed by atoms with Gasteiger partial charge >= 0.3 is 0 Å². The van der Waals surface area contributed by atoms with Gasteiger partial charge in [0.05, 0.1) is 0 Å². The summed E-state index contributed by atoms with van der Waals surface area (Å²) >= 11 is 0. The minimum Gasteiger partial charge on any atom is -0.361 e. The third-order valence-corrected chi connectivity index (χ3v) is 5.12. The number of carbonyl (C=O) groups excluding carboxylic acids is 1. The van der Waals surface area contributed by atoms with Gasteiger partial charge in [0.1, 0.15) is 0 Å². The Morgan fingerprint density at radius 2 is 1.89 bits per heavy atom. The molecule has 0 spiro atoms. The highest BCUT2D eigenvalue weighted by Gasteiger charge is 2.17. The molecule has 0 atom stereocenters. The van der Waals surface area contributed by atoms with Crippen LogP contribution in [0.2, 0.25) is 0 Å². The van der Waals surface area contributed by atoms with Crippen LogP contribution in [0.4, 0.5) is 0 Å². The van der Waals surface area contributed by atoms with Crippen molar-refractivity contribution in [1.82, 2.24) is 25.4 Å². The van der Waals surface area contributed by atoms with Crippen molar-refractivity contribution < 1.29 is 4.79 Å². The fraction of sp³-hybridized carbons (Fsp3) is 0.500. The molecule has 146 valence electrons. The van der Waals surface area contributed by atoms with E-state index in [1.807, 2.05) is 11.0 Å². The molecule has 27 heavy (non-hydrogen) atoms. The van der Waals surface area contributed by atoms with Gasteiger partial charge in [0.25, 0.3) is 0 Å². The van der Waals surface area contributed by atoms with Crippen LogP contribution >= 0.6 is 0 Å². The van der Waals surface area contributed by atoms with Crippen LogP contribution in [0, 0.1) is 0 Å². The number of hydrogen-bond donors (Lipinski definition) is 3. The normalized spacial score (nSPS) is 15.9. The van der Waals surface area contributed by atoms with Crippen molar-refractivity contribution in [3.63, 3.8) is 0 Å². The number of amides is 1. The van der Waals surface area contributed by atoms with Crippen LogP contribution in [-0.4, -0.2) is 79.5 Å². The summed E-state index contributed by atoms with van der Waals surface area (Å²) in [6.45, 7) is 7.80. The Hall–Kier alpha value is -2.54. The average Bonchev–Trinajstić information content (AvgIpc) is 3.10. The van der Waals surface area contributed by atoms with Crippen molar-refractivity contribution >= 4 is 22.8 Å². The van der Waals surface area contributed by atoms with E-state index < -0.39 is 0 Å². The molecule has 1 fully saturated rings. The van der Waals surface area contributed by atoms with Gasteiger partial charge in [0.15, 0.2) is 5.96 Å². The Morgan fingerprint density at radius 1 is 1.15 bits per heavy atom. The molecule has 7 nitrogen and oxygen atoms in total. The number of rotatable bonds is 6. The number of nitrogens with zero attached hydrogens (tertiary/aromatic N) is 3. The van der Waals surface area contributed by atoms with Gasteiger partial charge in [-0.15, -0.1) is 0 Å². The van der Waals surface area contributed by atoms with Crippen molar-refractivity contribution in [2.24, 2.45) is 4.99 Å². The smallest absolute Gasteiger partial charge is 0.219 e. The van der Waals surface area contributed by atoms with E-state index >= 15 is 0 Å². The van der Waals surface area contributed by atoms with E-state index in [2.05, 4.69) is 49.9 Å². The maximum Gasteiger partial charge on any atom is 0.219 e. The molecule has 0 saturated carbocycles. The Labute approximate surface area is 160 Å². The summed E-state index contributed by atoms with van der Waals surface area (Å²) in [6.07, 6.45) is 3.03. The van der Waals surface area contributed by atoms with Gasteiger partial charge in [-0.3, -0.25) is 14.7 Å². The maximum atomic E-state index is 11.4. The number of aromatic nitrogens is 1. The van der Waals surface area contributed by atoms with Crippen LogP contribution < -0.4 is 10.6 Å². The second-order valence-corrected chi connectivity index (χ2v) is 6.88. The number of carbonyl (C=O) groups is 1. The fourth-order valence-corrected chi connectivity index (χ4v) is 3.49. The third-order valence-electron chi connectivity index (χ3n) is 5.12. The molecule has 1 aliphatic rings. The van der Waals surface area contributed by atoms with Crippen LogP contribution in [-0.2, 0) is 11.2 Å². The Balaban J connectivity index is 1.36. The van der Waals surface area contributed by atoms with E-state index in [9.17, 15) is 4.79 Å². The highest BCUT2D eigenvalue weighted by molar-refractivity contribution is 5.83. The molecule has 1 aromatic carbocycles. The number of H-pyrrole nitrogens is 1. The number of hydrogen-bond acceptors (Lipinski definition) is 3. The summed E-state index contributed by atoms with van der Waals surface area (Å²) in [6, 6.07) is 8.37. The summed E-state index contributed by atoms with van der Waals surface area (Å²) in [5.74, 6) is 1.00. The second-order valence-electron chi connectivity index (χ2n) is 6.88. The lowest BCUT2D eigenvalue weighted by Gasteiger charge is -2.34. The minimum atomic E-state index is 0.174. The van der Waals surface area contributed by atoms with Gasteiger partial charge in [-0.1, -0.05) is 18.2 Å². The van der Waals surface area contributed by atoms with Crippen LogP contribution in [0.5, 0.6) is 0 Å². The molecule has 7 heteroatoms. The van der Waals surface area contributed by atoms with Gasteiger partial charge in [0, 0.05) is 76.9 Å². The maximum absolute atomic E-state index is 11.4. The summed E-state index contributed by atoms with van der Waals surface area (Å²) in [4.78, 5) is 23.3. The molecular formula is C20H30N6O. The third kappa shape index (κ3) is 5.23. The zero-order valence-electron chi connectivity index (χ0n) is 16.3. The number of nitrogens with one attached hydrogen (secondary N) is 3. The molecule has 1 amide bonds. The predicted molar refractivity (Wildman–Crippen MR) is 110 cm³/mol. The number of guanidine groups is 1. The van der Waals surface area contributed by atoms with E-state index in [0.29, 0.717) is 0 Å². The molecule has 2 heterocycles. The van der Waals surface area contributed by atoms with Crippen LogP contribution in [0.3, 0.4) is 0 Å². The second kappa shape index (κ2) is 9.41. The fourth-order valence-electron chi connectivity index (χ4n) is 3.49. The molecule has 1 aromatic heterocycles. The van der Waals surface area contributed by atoms with Crippen LogP contribution in [0.15, 0.2) is 35.5 Å². The molecule has 1 saturated heterocycles. The van der Waals surface area contributed by atoms with Crippen molar-refractivity contribution in [3.05, 3.63) is 36.0 Å². The molecule has 1 aliphatic heterocycles. The largest absolute Gasteiger partial charge is 0.361 e. The summed E-state index contributed by atoms with van der Waals surface area (Å²) in [5, 5.41) is 8.05. The first-order chi connectivity index (χ1) is 13.2. The van der Waals surface area contributed by atoms with Gasteiger partial charge in [-0.25, -0.2) is 0 Å². The molecule has 2 aromatic rings. The van der Waals surface area contributed by atoms with Crippen molar-refractivity contribution in [2.45, 2.75) is 13.3 Å². The lowest BCUT2D eigenvalue weighted by atomic mass is 10.1. The monoisotopic (exact) mass is 370 g/mol. The summed E-state index contributed by atoms with van der Waals surface area (Å²) in [5.41, 5.74) is 2.50. The topological polar surface area (TPSA) is 75.8 Å². The van der Waals surface area contributed by atoms with Crippen LogP contribution in [0.25, 0.3) is 10.9 Å². The van der Waals surface area contributed by atoms with Crippen molar-refractivity contribution in [2.75, 3.05) is 52.9 Å². The highest BCUT2D eigenvalue weighted by Crippen LogP contribution is 2.17. The van der Waals surface area contributed by atoms with Gasteiger partial charge in [-0.05, 0) is 18.1 Å². The van der Waals surface area contributed by atoms with Crippen molar-refractivity contribution in [1.29, 1.82) is 0 Å². The van der Waals surface area contributed by atoms with E-state index in [-0.39, 0.29) is 5.91 Å². The quantitative estimate of drug-likeness (QED) is 0.525. The molecule has 0 aliphatic carbocycles. The zero-order valence-corrected chi connectivity index (χ0v) is 16.3. The number of fused-ring (bicyclic) bond motifs is 1. The summed E-state index contributed by atoms with van der Waals surface area (Å²) < 4.78 is 0. The van der Waals surface area contributed by atoms with Gasteiger partial charge < -0.3 is 20.5 Å². The van der Waals surface area contributed by atoms with E-state index in [4.69, 9.17) is 0 Å². The number of benzene rings is 1. The van der Waals surface area contributed by atoms with Crippen LogP contribution in [0.1, 0.15) is 12.5 Å². The Morgan fingerprint density at radius 3 is 2.63 bits per heavy atom. The SMILES string of the molecule is CN=C(NCCc1c[nH]c2ccccc12)NCCN1CCN(C(C)=O)CC1. The van der Waals surface area contributed by atoms with Gasteiger partial charge in [0.2, 0.25) is 5.91 Å². The molecular weight excluding hydrogens is 340 g/mol. The average molecular weight is 371 g/mol. The Bertz CT molecular complexity index is 776. The number of para-hydroxylation sites is 1. The number of aliphatic imine (C=N–C) groups is 1. The Kier molecular flexibility index (Phi) is 6.70. The molecule has 3 N–H and O–H groups in total. The molecule has 0 radical (unpaired) electrons. The van der Waals surface area contributed by atoms with E-state index in [0.717, 1.165) is 58.2 Å². The highest BCUT2D eigenvalue weighted by atomic mass is 16.2. The first-order valence-electron chi connectivity index (χ1n) is 9.65. The van der Waals surface area contributed by atoms with E-state index in [1.165, 1.54) is 16.5 Å².